The summed E-state index contributed by atoms with van der Waals surface area (Å²) in [5.41, 5.74) is 4.02. The number of aryl methyl sites for hydroxylation is 1. The SMILES string of the molecule is COC(=O)c1c(NC(=O)[C@@H]2CC(=O)NN2C)sc2c1CCC2. The summed E-state index contributed by atoms with van der Waals surface area (Å²) in [5.74, 6) is -0.917. The zero-order chi connectivity index (χ0) is 15.9. The van der Waals surface area contributed by atoms with Crippen molar-refractivity contribution in [1.82, 2.24) is 10.4 Å². The molecule has 1 fully saturated rings. The number of ether oxygens (including phenoxy) is 1. The average molecular weight is 323 g/mol. The van der Waals surface area contributed by atoms with Gasteiger partial charge in [0, 0.05) is 11.9 Å². The minimum Gasteiger partial charge on any atom is -0.465 e. The van der Waals surface area contributed by atoms with E-state index in [-0.39, 0.29) is 18.2 Å². The molecule has 1 aromatic heterocycles. The number of amides is 2. The molecule has 1 aliphatic heterocycles. The molecule has 8 heteroatoms. The van der Waals surface area contributed by atoms with Crippen molar-refractivity contribution in [2.75, 3.05) is 19.5 Å². The van der Waals surface area contributed by atoms with Gasteiger partial charge in [-0.25, -0.2) is 9.80 Å². The van der Waals surface area contributed by atoms with Crippen LogP contribution < -0.4 is 10.7 Å². The smallest absolute Gasteiger partial charge is 0.341 e. The number of esters is 1. The number of anilines is 1. The highest BCUT2D eigenvalue weighted by molar-refractivity contribution is 7.17. The van der Waals surface area contributed by atoms with E-state index in [0.717, 1.165) is 29.7 Å². The molecular formula is C14H17N3O4S. The van der Waals surface area contributed by atoms with E-state index in [1.54, 1.807) is 7.05 Å². The Morgan fingerprint density at radius 3 is 2.82 bits per heavy atom. The highest BCUT2D eigenvalue weighted by atomic mass is 32.1. The number of carbonyl (C=O) groups excluding carboxylic acids is 3. The van der Waals surface area contributed by atoms with E-state index < -0.39 is 12.0 Å². The van der Waals surface area contributed by atoms with Gasteiger partial charge in [-0.15, -0.1) is 11.3 Å². The first-order valence-corrected chi connectivity index (χ1v) is 7.89. The third-order valence-corrected chi connectivity index (χ3v) is 5.20. The van der Waals surface area contributed by atoms with Crippen LogP contribution in [0.3, 0.4) is 0 Å². The molecule has 1 atom stereocenters. The third kappa shape index (κ3) is 2.48. The van der Waals surface area contributed by atoms with Gasteiger partial charge in [-0.3, -0.25) is 15.0 Å². The fourth-order valence-corrected chi connectivity index (χ4v) is 4.19. The minimum atomic E-state index is -0.574. The Hall–Kier alpha value is -1.93. The zero-order valence-electron chi connectivity index (χ0n) is 12.4. The van der Waals surface area contributed by atoms with Crippen molar-refractivity contribution in [1.29, 1.82) is 0 Å². The number of fused-ring (bicyclic) bond motifs is 1. The van der Waals surface area contributed by atoms with E-state index in [9.17, 15) is 14.4 Å². The summed E-state index contributed by atoms with van der Waals surface area (Å²) in [6.07, 6.45) is 2.88. The van der Waals surface area contributed by atoms with Crippen LogP contribution in [0.1, 0.15) is 33.6 Å². The molecule has 1 saturated heterocycles. The molecule has 0 radical (unpaired) electrons. The maximum absolute atomic E-state index is 12.4. The van der Waals surface area contributed by atoms with Gasteiger partial charge < -0.3 is 10.1 Å². The number of hydrogen-bond acceptors (Lipinski definition) is 6. The van der Waals surface area contributed by atoms with Crippen LogP contribution in [0.25, 0.3) is 0 Å². The van der Waals surface area contributed by atoms with Crippen LogP contribution in [0.5, 0.6) is 0 Å². The number of rotatable bonds is 3. The van der Waals surface area contributed by atoms with Gasteiger partial charge in [0.25, 0.3) is 0 Å². The van der Waals surface area contributed by atoms with Crippen LogP contribution in [-0.4, -0.2) is 43.0 Å². The highest BCUT2D eigenvalue weighted by Crippen LogP contribution is 2.39. The van der Waals surface area contributed by atoms with Crippen molar-refractivity contribution < 1.29 is 19.1 Å². The third-order valence-electron chi connectivity index (χ3n) is 4.00. The van der Waals surface area contributed by atoms with Gasteiger partial charge in [-0.1, -0.05) is 0 Å². The van der Waals surface area contributed by atoms with E-state index in [2.05, 4.69) is 10.7 Å². The molecule has 1 aliphatic carbocycles. The molecular weight excluding hydrogens is 306 g/mol. The molecule has 3 rings (SSSR count). The van der Waals surface area contributed by atoms with Gasteiger partial charge in [-0.05, 0) is 24.8 Å². The van der Waals surface area contributed by atoms with Crippen LogP contribution in [0.15, 0.2) is 0 Å². The highest BCUT2D eigenvalue weighted by Gasteiger charge is 2.35. The Morgan fingerprint density at radius 1 is 1.41 bits per heavy atom. The summed E-state index contributed by atoms with van der Waals surface area (Å²) in [5, 5.41) is 4.80. The average Bonchev–Trinajstić information content (AvgIpc) is 3.12. The lowest BCUT2D eigenvalue weighted by atomic mass is 10.1. The number of nitrogens with zero attached hydrogens (tertiary/aromatic N) is 1. The largest absolute Gasteiger partial charge is 0.465 e. The molecule has 2 N–H and O–H groups in total. The Labute approximate surface area is 131 Å². The first kappa shape index (κ1) is 15.0. The number of hydrogen-bond donors (Lipinski definition) is 2. The first-order chi connectivity index (χ1) is 10.5. The molecule has 0 unspecified atom stereocenters. The number of hydrazine groups is 1. The minimum absolute atomic E-state index is 0.112. The Morgan fingerprint density at radius 2 is 2.18 bits per heavy atom. The lowest BCUT2D eigenvalue weighted by Gasteiger charge is -2.17. The molecule has 0 bridgehead atoms. The normalized spacial score (nSPS) is 20.6. The molecule has 7 nitrogen and oxygen atoms in total. The first-order valence-electron chi connectivity index (χ1n) is 7.07. The summed E-state index contributed by atoms with van der Waals surface area (Å²) in [7, 11) is 2.98. The van der Waals surface area contributed by atoms with Gasteiger partial charge >= 0.3 is 5.97 Å². The van der Waals surface area contributed by atoms with E-state index in [1.165, 1.54) is 23.5 Å². The maximum Gasteiger partial charge on any atom is 0.341 e. The lowest BCUT2D eigenvalue weighted by Crippen LogP contribution is -2.41. The Kier molecular flexibility index (Phi) is 3.88. The molecule has 0 saturated carbocycles. The summed E-state index contributed by atoms with van der Waals surface area (Å²) >= 11 is 1.42. The number of nitrogens with one attached hydrogen (secondary N) is 2. The number of methoxy groups -OCH3 is 1. The summed E-state index contributed by atoms with van der Waals surface area (Å²) < 4.78 is 4.85. The molecule has 0 aromatic carbocycles. The quantitative estimate of drug-likeness (QED) is 0.800. The van der Waals surface area contributed by atoms with Crippen molar-refractivity contribution in [2.24, 2.45) is 0 Å². The fraction of sp³-hybridized carbons (Fsp3) is 0.500. The lowest BCUT2D eigenvalue weighted by molar-refractivity contribution is -0.121. The zero-order valence-corrected chi connectivity index (χ0v) is 13.2. The number of likely N-dealkylation sites (N-methyl/N-ethyl adjacent to an activating group) is 1. The molecule has 2 amide bonds. The van der Waals surface area contributed by atoms with Crippen LogP contribution in [0.2, 0.25) is 0 Å². The van der Waals surface area contributed by atoms with E-state index in [0.29, 0.717) is 10.6 Å². The van der Waals surface area contributed by atoms with Crippen LogP contribution in [0, 0.1) is 0 Å². The van der Waals surface area contributed by atoms with Gasteiger partial charge in [-0.2, -0.15) is 0 Å². The van der Waals surface area contributed by atoms with E-state index in [4.69, 9.17) is 4.74 Å². The van der Waals surface area contributed by atoms with Crippen molar-refractivity contribution in [3.05, 3.63) is 16.0 Å². The van der Waals surface area contributed by atoms with Gasteiger partial charge in [0.15, 0.2) is 0 Å². The Bertz CT molecular complexity index is 655. The monoisotopic (exact) mass is 323 g/mol. The molecule has 2 aliphatic rings. The van der Waals surface area contributed by atoms with Gasteiger partial charge in [0.2, 0.25) is 11.8 Å². The second kappa shape index (κ2) is 5.69. The van der Waals surface area contributed by atoms with E-state index in [1.807, 2.05) is 0 Å². The summed E-state index contributed by atoms with van der Waals surface area (Å²) in [6.45, 7) is 0. The van der Waals surface area contributed by atoms with Crippen molar-refractivity contribution in [2.45, 2.75) is 31.7 Å². The molecule has 0 spiro atoms. The maximum atomic E-state index is 12.4. The second-order valence-electron chi connectivity index (χ2n) is 5.41. The number of carbonyl (C=O) groups is 3. The van der Waals surface area contributed by atoms with Crippen molar-refractivity contribution in [3.63, 3.8) is 0 Å². The topological polar surface area (TPSA) is 87.7 Å². The second-order valence-corrected chi connectivity index (χ2v) is 6.51. The molecule has 22 heavy (non-hydrogen) atoms. The molecule has 1 aromatic rings. The standard InChI is InChI=1S/C14H17N3O4S/c1-17-8(6-10(18)16-17)12(19)15-13-11(14(20)21-2)7-4-3-5-9(7)22-13/h8H,3-6H2,1-2H3,(H,15,19)(H,16,18)/t8-/m0/s1. The van der Waals surface area contributed by atoms with Crippen LogP contribution >= 0.6 is 11.3 Å². The van der Waals surface area contributed by atoms with Gasteiger partial charge in [0.05, 0.1) is 19.1 Å². The van der Waals surface area contributed by atoms with Crippen LogP contribution in [0.4, 0.5) is 5.00 Å². The summed E-state index contributed by atoms with van der Waals surface area (Å²) in [6, 6.07) is -0.574. The number of thiophene rings is 1. The van der Waals surface area contributed by atoms with Crippen molar-refractivity contribution >= 4 is 34.1 Å². The van der Waals surface area contributed by atoms with E-state index >= 15 is 0 Å². The predicted molar refractivity (Wildman–Crippen MR) is 80.6 cm³/mol. The predicted octanol–water partition coefficient (Wildman–Crippen LogP) is 0.697. The molecule has 2 heterocycles. The molecule has 118 valence electrons. The fourth-order valence-electron chi connectivity index (χ4n) is 2.91. The van der Waals surface area contributed by atoms with Crippen molar-refractivity contribution in [3.8, 4) is 0 Å². The van der Waals surface area contributed by atoms with Crippen LogP contribution in [-0.2, 0) is 27.2 Å². The summed E-state index contributed by atoms with van der Waals surface area (Å²) in [4.78, 5) is 36.9. The van der Waals surface area contributed by atoms with Gasteiger partial charge in [0.1, 0.15) is 11.0 Å². The Balaban J connectivity index is 1.85.